The quantitative estimate of drug-likeness (QED) is 0.367. The van der Waals surface area contributed by atoms with E-state index < -0.39 is 16.4 Å². The van der Waals surface area contributed by atoms with Gasteiger partial charge >= 0.3 is 0 Å². The first-order chi connectivity index (χ1) is 14.4. The molecule has 0 aliphatic rings. The number of amides is 1. The predicted octanol–water partition coefficient (Wildman–Crippen LogP) is 4.32. The van der Waals surface area contributed by atoms with Gasteiger partial charge in [-0.05, 0) is 29.8 Å². The average molecular weight is 441 g/mol. The number of nitrogens with zero attached hydrogens (tertiary/aromatic N) is 3. The highest BCUT2D eigenvalue weighted by molar-refractivity contribution is 7.22. The summed E-state index contributed by atoms with van der Waals surface area (Å²) in [6.07, 6.45) is 1.58. The number of fused-ring (bicyclic) bond motifs is 1. The number of carbonyl (C=O) groups excluding carboxylic acids is 1. The molecule has 150 valence electrons. The van der Waals surface area contributed by atoms with E-state index in [4.69, 9.17) is 11.6 Å². The number of hydrogen-bond acceptors (Lipinski definition) is 6. The van der Waals surface area contributed by atoms with Crippen LogP contribution in [0.25, 0.3) is 10.2 Å². The number of aromatic nitrogens is 2. The summed E-state index contributed by atoms with van der Waals surface area (Å²) in [4.78, 5) is 40.1. The number of thiazole rings is 1. The summed E-state index contributed by atoms with van der Waals surface area (Å²) in [5.74, 6) is -0.609. The third-order valence-corrected chi connectivity index (χ3v) is 5.67. The predicted molar refractivity (Wildman–Crippen MR) is 115 cm³/mol. The molecular weight excluding hydrogens is 428 g/mol. The number of nitro benzene ring substituents is 1. The summed E-state index contributed by atoms with van der Waals surface area (Å²) in [6, 6.07) is 14.4. The molecule has 2 heterocycles. The minimum absolute atomic E-state index is 0.0465. The van der Waals surface area contributed by atoms with Gasteiger partial charge < -0.3 is 4.57 Å². The van der Waals surface area contributed by atoms with E-state index in [9.17, 15) is 19.7 Å². The second-order valence-electron chi connectivity index (χ2n) is 6.33. The topological polar surface area (TPSA) is 107 Å². The van der Waals surface area contributed by atoms with Crippen LogP contribution in [0.5, 0.6) is 0 Å². The molecule has 0 unspecified atom stereocenters. The first kappa shape index (κ1) is 19.7. The number of benzene rings is 2. The SMILES string of the molecule is O=C(Nc1nc2ccc([N+](=O)[O-])cc2s1)c1cccn(Cc2ccccc2Cl)c1=O. The van der Waals surface area contributed by atoms with Gasteiger partial charge in [0, 0.05) is 23.4 Å². The first-order valence-corrected chi connectivity index (χ1v) is 9.91. The molecule has 4 rings (SSSR count). The van der Waals surface area contributed by atoms with Gasteiger partial charge in [-0.1, -0.05) is 41.1 Å². The normalized spacial score (nSPS) is 10.8. The summed E-state index contributed by atoms with van der Waals surface area (Å²) in [6.45, 7) is 0.227. The van der Waals surface area contributed by atoms with E-state index >= 15 is 0 Å². The van der Waals surface area contributed by atoms with Crippen LogP contribution in [0.1, 0.15) is 15.9 Å². The highest BCUT2D eigenvalue weighted by Gasteiger charge is 2.16. The number of non-ortho nitro benzene ring substituents is 1. The van der Waals surface area contributed by atoms with E-state index in [1.54, 1.807) is 24.4 Å². The van der Waals surface area contributed by atoms with Crippen molar-refractivity contribution in [3.05, 3.63) is 97.4 Å². The lowest BCUT2D eigenvalue weighted by molar-refractivity contribution is -0.384. The number of rotatable bonds is 5. The van der Waals surface area contributed by atoms with Gasteiger partial charge in [-0.3, -0.25) is 25.0 Å². The second-order valence-corrected chi connectivity index (χ2v) is 7.77. The molecule has 1 N–H and O–H groups in total. The van der Waals surface area contributed by atoms with Gasteiger partial charge in [-0.2, -0.15) is 0 Å². The summed E-state index contributed by atoms with van der Waals surface area (Å²) in [7, 11) is 0. The molecule has 0 saturated carbocycles. The summed E-state index contributed by atoms with van der Waals surface area (Å²) < 4.78 is 1.96. The number of pyridine rings is 1. The van der Waals surface area contributed by atoms with Gasteiger partial charge in [0.2, 0.25) is 0 Å². The zero-order chi connectivity index (χ0) is 21.3. The molecule has 2 aromatic carbocycles. The Balaban J connectivity index is 1.59. The minimum Gasteiger partial charge on any atom is -0.310 e. The zero-order valence-electron chi connectivity index (χ0n) is 15.2. The second kappa shape index (κ2) is 8.05. The molecule has 0 radical (unpaired) electrons. The average Bonchev–Trinajstić information content (AvgIpc) is 3.12. The van der Waals surface area contributed by atoms with Crippen molar-refractivity contribution >= 4 is 49.9 Å². The van der Waals surface area contributed by atoms with Gasteiger partial charge in [0.25, 0.3) is 17.2 Å². The van der Waals surface area contributed by atoms with Gasteiger partial charge in [0.05, 0.1) is 21.7 Å². The molecule has 0 atom stereocenters. The maximum Gasteiger partial charge on any atom is 0.270 e. The van der Waals surface area contributed by atoms with Crippen molar-refractivity contribution in [1.29, 1.82) is 0 Å². The molecule has 0 spiro atoms. The van der Waals surface area contributed by atoms with E-state index in [0.29, 0.717) is 15.2 Å². The van der Waals surface area contributed by atoms with Crippen molar-refractivity contribution < 1.29 is 9.72 Å². The van der Waals surface area contributed by atoms with Crippen LogP contribution in [-0.4, -0.2) is 20.4 Å². The van der Waals surface area contributed by atoms with Crippen molar-refractivity contribution in [3.63, 3.8) is 0 Å². The smallest absolute Gasteiger partial charge is 0.270 e. The van der Waals surface area contributed by atoms with Crippen molar-refractivity contribution in [3.8, 4) is 0 Å². The molecule has 0 fully saturated rings. The third kappa shape index (κ3) is 3.93. The number of anilines is 1. The van der Waals surface area contributed by atoms with Crippen LogP contribution in [0.15, 0.2) is 65.6 Å². The fraction of sp³-hybridized carbons (Fsp3) is 0.0500. The zero-order valence-corrected chi connectivity index (χ0v) is 16.8. The van der Waals surface area contributed by atoms with Crippen molar-refractivity contribution in [2.75, 3.05) is 5.32 Å². The fourth-order valence-corrected chi connectivity index (χ4v) is 3.98. The van der Waals surface area contributed by atoms with Crippen LogP contribution < -0.4 is 10.9 Å². The molecule has 1 amide bonds. The molecular formula is C20H13ClN4O4S. The van der Waals surface area contributed by atoms with E-state index in [-0.39, 0.29) is 22.9 Å². The Bertz CT molecular complexity index is 1350. The maximum atomic E-state index is 12.8. The number of halogens is 1. The molecule has 2 aromatic heterocycles. The van der Waals surface area contributed by atoms with Gasteiger partial charge in [-0.15, -0.1) is 0 Å². The monoisotopic (exact) mass is 440 g/mol. The largest absolute Gasteiger partial charge is 0.310 e. The Morgan fingerprint density at radius 3 is 2.77 bits per heavy atom. The van der Waals surface area contributed by atoms with Crippen LogP contribution in [0, 0.1) is 10.1 Å². The van der Waals surface area contributed by atoms with Gasteiger partial charge in [0.1, 0.15) is 5.56 Å². The van der Waals surface area contributed by atoms with E-state index in [1.807, 2.05) is 12.1 Å². The Morgan fingerprint density at radius 2 is 2.00 bits per heavy atom. The molecule has 0 aliphatic carbocycles. The van der Waals surface area contributed by atoms with Crippen LogP contribution in [0.3, 0.4) is 0 Å². The molecule has 4 aromatic rings. The molecule has 8 nitrogen and oxygen atoms in total. The summed E-state index contributed by atoms with van der Waals surface area (Å²) in [5, 5.41) is 14.3. The van der Waals surface area contributed by atoms with Crippen molar-refractivity contribution in [2.45, 2.75) is 6.54 Å². The Labute approximate surface area is 178 Å². The van der Waals surface area contributed by atoms with Gasteiger partial charge in [0.15, 0.2) is 5.13 Å². The molecule has 10 heteroatoms. The lowest BCUT2D eigenvalue weighted by Crippen LogP contribution is -2.29. The first-order valence-electron chi connectivity index (χ1n) is 8.71. The van der Waals surface area contributed by atoms with Crippen LogP contribution in [-0.2, 0) is 6.54 Å². The lowest BCUT2D eigenvalue weighted by Gasteiger charge is -2.09. The van der Waals surface area contributed by atoms with E-state index in [2.05, 4.69) is 10.3 Å². The number of carbonyl (C=O) groups is 1. The maximum absolute atomic E-state index is 12.8. The Morgan fingerprint density at radius 1 is 1.20 bits per heavy atom. The number of hydrogen-bond donors (Lipinski definition) is 1. The minimum atomic E-state index is -0.609. The van der Waals surface area contributed by atoms with Crippen LogP contribution in [0.2, 0.25) is 5.02 Å². The Hall–Kier alpha value is -3.56. The lowest BCUT2D eigenvalue weighted by atomic mass is 10.2. The van der Waals surface area contributed by atoms with Crippen LogP contribution in [0.4, 0.5) is 10.8 Å². The fourth-order valence-electron chi connectivity index (χ4n) is 2.89. The molecule has 0 bridgehead atoms. The molecule has 30 heavy (non-hydrogen) atoms. The third-order valence-electron chi connectivity index (χ3n) is 4.37. The van der Waals surface area contributed by atoms with E-state index in [1.165, 1.54) is 28.8 Å². The highest BCUT2D eigenvalue weighted by atomic mass is 35.5. The van der Waals surface area contributed by atoms with Gasteiger partial charge in [-0.25, -0.2) is 4.98 Å². The highest BCUT2D eigenvalue weighted by Crippen LogP contribution is 2.29. The molecule has 0 saturated heterocycles. The Kier molecular flexibility index (Phi) is 5.30. The van der Waals surface area contributed by atoms with E-state index in [0.717, 1.165) is 16.9 Å². The number of nitrogens with one attached hydrogen (secondary N) is 1. The number of nitro groups is 1. The van der Waals surface area contributed by atoms with Crippen LogP contribution >= 0.6 is 22.9 Å². The summed E-state index contributed by atoms with van der Waals surface area (Å²) in [5.41, 5.74) is 0.702. The van der Waals surface area contributed by atoms with Crippen molar-refractivity contribution in [2.24, 2.45) is 0 Å². The standard InChI is InChI=1S/C20H13ClN4O4S/c21-15-6-2-1-4-12(15)11-24-9-3-5-14(19(24)27)18(26)23-20-22-16-8-7-13(25(28)29)10-17(16)30-20/h1-10H,11H2,(H,22,23,26). The summed E-state index contributed by atoms with van der Waals surface area (Å²) >= 11 is 7.25. The van der Waals surface area contributed by atoms with Crippen molar-refractivity contribution in [1.82, 2.24) is 9.55 Å². The molecule has 0 aliphatic heterocycles.